The Balaban J connectivity index is 1.94. The fourth-order valence-electron chi connectivity index (χ4n) is 1.80. The van der Waals surface area contributed by atoms with Gasteiger partial charge in [0.05, 0.1) is 17.9 Å². The Morgan fingerprint density at radius 1 is 1.62 bits per heavy atom. The number of nitrogens with zero attached hydrogens (tertiary/aromatic N) is 3. The quantitative estimate of drug-likeness (QED) is 0.879. The first kappa shape index (κ1) is 11.5. The molecule has 0 aromatic carbocycles. The summed E-state index contributed by atoms with van der Waals surface area (Å²) in [6.07, 6.45) is 4.46. The van der Waals surface area contributed by atoms with E-state index in [4.69, 9.17) is 0 Å². The molecule has 0 saturated heterocycles. The van der Waals surface area contributed by atoms with E-state index in [-0.39, 0.29) is 0 Å². The van der Waals surface area contributed by atoms with Crippen molar-refractivity contribution in [1.29, 1.82) is 0 Å². The Morgan fingerprint density at radius 3 is 3.06 bits per heavy atom. The minimum atomic E-state index is 0.657. The largest absolute Gasteiger partial charge is 0.332 e. The summed E-state index contributed by atoms with van der Waals surface area (Å²) in [5.74, 6) is 0. The maximum atomic E-state index is 4.51. The van der Waals surface area contributed by atoms with Crippen molar-refractivity contribution >= 4 is 22.6 Å². The molecular formula is C11H18N4S. The van der Waals surface area contributed by atoms with E-state index in [9.17, 15) is 0 Å². The van der Waals surface area contributed by atoms with E-state index in [2.05, 4.69) is 22.3 Å². The van der Waals surface area contributed by atoms with Gasteiger partial charge >= 0.3 is 0 Å². The molecule has 0 bridgehead atoms. The maximum absolute atomic E-state index is 4.51. The lowest BCUT2D eigenvalue weighted by Gasteiger charge is -2.06. The Labute approximate surface area is 101 Å². The smallest absolute Gasteiger partial charge is 0.161 e. The van der Waals surface area contributed by atoms with Crippen molar-refractivity contribution in [2.45, 2.75) is 31.9 Å². The molecule has 88 valence electrons. The first-order chi connectivity index (χ1) is 7.69. The molecule has 2 rings (SSSR count). The number of anilines is 1. The average Bonchev–Trinajstić information content (AvgIpc) is 2.76. The number of aromatic nitrogens is 2. The van der Waals surface area contributed by atoms with E-state index < -0.39 is 0 Å². The zero-order valence-corrected chi connectivity index (χ0v) is 10.8. The van der Waals surface area contributed by atoms with E-state index in [0.29, 0.717) is 5.25 Å². The second kappa shape index (κ2) is 4.91. The third kappa shape index (κ3) is 2.58. The number of amidine groups is 1. The van der Waals surface area contributed by atoms with Gasteiger partial charge in [0.2, 0.25) is 0 Å². The summed E-state index contributed by atoms with van der Waals surface area (Å²) >= 11 is 1.85. The third-order valence-electron chi connectivity index (χ3n) is 2.58. The van der Waals surface area contributed by atoms with Crippen LogP contribution in [0.5, 0.6) is 0 Å². The molecule has 1 N–H and O–H groups in total. The topological polar surface area (TPSA) is 42.2 Å². The first-order valence-electron chi connectivity index (χ1n) is 5.67. The van der Waals surface area contributed by atoms with Crippen LogP contribution < -0.4 is 5.32 Å². The van der Waals surface area contributed by atoms with Crippen LogP contribution in [0.3, 0.4) is 0 Å². The van der Waals surface area contributed by atoms with Crippen molar-refractivity contribution < 1.29 is 0 Å². The molecule has 5 heteroatoms. The first-order valence-corrected chi connectivity index (χ1v) is 6.55. The standard InChI is InChI=1S/C11H18N4S/c1-4-5-9-6-12-11(16-9)13-10-7-15(3)14-8(10)2/h7,9H,4-6H2,1-3H3,(H,12,13). The van der Waals surface area contributed by atoms with E-state index in [1.165, 1.54) is 12.8 Å². The molecule has 0 amide bonds. The highest BCUT2D eigenvalue weighted by atomic mass is 32.2. The zero-order chi connectivity index (χ0) is 11.5. The fourth-order valence-corrected chi connectivity index (χ4v) is 2.93. The van der Waals surface area contributed by atoms with Crippen LogP contribution in [0.1, 0.15) is 25.5 Å². The predicted molar refractivity (Wildman–Crippen MR) is 70.2 cm³/mol. The molecule has 0 aliphatic carbocycles. The van der Waals surface area contributed by atoms with Gasteiger partial charge in [-0.2, -0.15) is 5.10 Å². The Kier molecular flexibility index (Phi) is 3.53. The van der Waals surface area contributed by atoms with E-state index >= 15 is 0 Å². The summed E-state index contributed by atoms with van der Waals surface area (Å²) in [4.78, 5) is 4.51. The van der Waals surface area contributed by atoms with Crippen molar-refractivity contribution in [3.05, 3.63) is 11.9 Å². The fraction of sp³-hybridized carbons (Fsp3) is 0.636. The number of hydrogen-bond donors (Lipinski definition) is 1. The van der Waals surface area contributed by atoms with Gasteiger partial charge in [-0.25, -0.2) is 0 Å². The number of aryl methyl sites for hydroxylation is 2. The van der Waals surface area contributed by atoms with Crippen LogP contribution in [0.25, 0.3) is 0 Å². The Bertz CT molecular complexity index is 397. The highest BCUT2D eigenvalue weighted by molar-refractivity contribution is 8.15. The molecule has 1 atom stereocenters. The highest BCUT2D eigenvalue weighted by Gasteiger charge is 2.19. The molecule has 16 heavy (non-hydrogen) atoms. The van der Waals surface area contributed by atoms with Crippen LogP contribution in [0, 0.1) is 6.92 Å². The molecule has 1 aliphatic heterocycles. The van der Waals surface area contributed by atoms with Crippen LogP contribution in [0.4, 0.5) is 5.69 Å². The second-order valence-electron chi connectivity index (χ2n) is 4.10. The SMILES string of the molecule is CCCC1CN=C(Nc2cn(C)nc2C)S1. The lowest BCUT2D eigenvalue weighted by molar-refractivity contribution is 0.754. The highest BCUT2D eigenvalue weighted by Crippen LogP contribution is 2.26. The molecule has 2 heterocycles. The zero-order valence-electron chi connectivity index (χ0n) is 10.0. The van der Waals surface area contributed by atoms with Gasteiger partial charge in [-0.3, -0.25) is 9.67 Å². The second-order valence-corrected chi connectivity index (χ2v) is 5.39. The predicted octanol–water partition coefficient (Wildman–Crippen LogP) is 2.41. The molecule has 1 unspecified atom stereocenters. The van der Waals surface area contributed by atoms with Gasteiger partial charge in [0, 0.05) is 18.5 Å². The van der Waals surface area contributed by atoms with Gasteiger partial charge < -0.3 is 5.32 Å². The number of rotatable bonds is 3. The molecule has 1 aliphatic rings. The van der Waals surface area contributed by atoms with Crippen molar-refractivity contribution in [2.75, 3.05) is 11.9 Å². The van der Waals surface area contributed by atoms with Crippen LogP contribution in [-0.4, -0.2) is 26.7 Å². The van der Waals surface area contributed by atoms with E-state index in [1.54, 1.807) is 0 Å². The lowest BCUT2D eigenvalue weighted by Crippen LogP contribution is -2.07. The van der Waals surface area contributed by atoms with E-state index in [1.807, 2.05) is 36.6 Å². The minimum Gasteiger partial charge on any atom is -0.332 e. The van der Waals surface area contributed by atoms with Crippen molar-refractivity contribution in [3.8, 4) is 0 Å². The Morgan fingerprint density at radius 2 is 2.44 bits per heavy atom. The summed E-state index contributed by atoms with van der Waals surface area (Å²) in [5, 5.41) is 9.34. The molecule has 0 spiro atoms. The minimum absolute atomic E-state index is 0.657. The molecule has 0 radical (unpaired) electrons. The molecule has 0 saturated carbocycles. The van der Waals surface area contributed by atoms with Gasteiger partial charge in [-0.05, 0) is 13.3 Å². The van der Waals surface area contributed by atoms with Crippen molar-refractivity contribution in [1.82, 2.24) is 9.78 Å². The average molecular weight is 238 g/mol. The summed E-state index contributed by atoms with van der Waals surface area (Å²) in [6, 6.07) is 0. The molecule has 4 nitrogen and oxygen atoms in total. The van der Waals surface area contributed by atoms with Gasteiger partial charge in [0.15, 0.2) is 5.17 Å². The van der Waals surface area contributed by atoms with Gasteiger partial charge in [-0.1, -0.05) is 25.1 Å². The third-order valence-corrected chi connectivity index (χ3v) is 3.76. The van der Waals surface area contributed by atoms with Crippen LogP contribution in [-0.2, 0) is 7.05 Å². The summed E-state index contributed by atoms with van der Waals surface area (Å²) in [6.45, 7) is 5.17. The summed E-state index contributed by atoms with van der Waals surface area (Å²) in [7, 11) is 1.93. The lowest BCUT2D eigenvalue weighted by atomic mass is 10.2. The summed E-state index contributed by atoms with van der Waals surface area (Å²) < 4.78 is 1.82. The Hall–Kier alpha value is -0.970. The number of nitrogens with one attached hydrogen (secondary N) is 1. The van der Waals surface area contributed by atoms with Crippen LogP contribution in [0.2, 0.25) is 0 Å². The molecule has 1 aromatic rings. The van der Waals surface area contributed by atoms with Gasteiger partial charge in [0.1, 0.15) is 0 Å². The normalized spacial score (nSPS) is 19.9. The molecule has 0 fully saturated rings. The monoisotopic (exact) mass is 238 g/mol. The molecular weight excluding hydrogens is 220 g/mol. The maximum Gasteiger partial charge on any atom is 0.161 e. The van der Waals surface area contributed by atoms with Gasteiger partial charge in [0.25, 0.3) is 0 Å². The number of aliphatic imine (C=N–C) groups is 1. The van der Waals surface area contributed by atoms with E-state index in [0.717, 1.165) is 23.1 Å². The summed E-state index contributed by atoms with van der Waals surface area (Å²) in [5.41, 5.74) is 2.08. The molecule has 1 aromatic heterocycles. The van der Waals surface area contributed by atoms with Crippen molar-refractivity contribution in [3.63, 3.8) is 0 Å². The van der Waals surface area contributed by atoms with Gasteiger partial charge in [-0.15, -0.1) is 0 Å². The van der Waals surface area contributed by atoms with Crippen molar-refractivity contribution in [2.24, 2.45) is 12.0 Å². The van der Waals surface area contributed by atoms with Crippen LogP contribution >= 0.6 is 11.8 Å². The number of thioether (sulfide) groups is 1. The van der Waals surface area contributed by atoms with Crippen LogP contribution in [0.15, 0.2) is 11.2 Å². The number of hydrogen-bond acceptors (Lipinski definition) is 4.